The number of carbonyl (C=O) groups excluding carboxylic acids is 4. The number of rotatable bonds is 5. The normalized spacial score (nSPS) is 30.3. The standard InChI is InChI=1S/C49H56N6O12/c1-23-11-10-12-24(2)47(62)53-38-39-37(52-33-21-30(15-19-55(33)39)22-51-54-48(63)31-13-17-50-18-14-31)34-35(43(38)60)42(59)28(6)45-36(34)46(61)49(8,67-45)65-20-16-32(64-9)25(3)44(66-29(7)56)27(5)41(58)26(4)40(23)57/h10-23,25-27,32-33,40-41,44,52,57-60H,1-9H3,(H,53,62)(H,54,63)/b11-10+,20-16+,24-12-,51-22+/t23-,25+,26+,27+,32-,33?,40-,41+,44+,49-/m0/s1. The van der Waals surface area contributed by atoms with Crippen LogP contribution in [0.5, 0.6) is 17.2 Å². The van der Waals surface area contributed by atoms with Crippen LogP contribution in [0, 0.1) is 30.6 Å². The summed E-state index contributed by atoms with van der Waals surface area (Å²) < 4.78 is 24.0. The molecule has 4 bridgehead atoms. The van der Waals surface area contributed by atoms with Crippen LogP contribution in [0.4, 0.5) is 17.1 Å². The van der Waals surface area contributed by atoms with Gasteiger partial charge < -0.3 is 54.9 Å². The second-order valence-electron chi connectivity index (χ2n) is 17.5. The number of nitrogens with zero attached hydrogens (tertiary/aromatic N) is 3. The Labute approximate surface area is 387 Å². The SMILES string of the molecule is CO[C@H]1/C=C/O[C@@]2(C)Oc3c(C)c(O)c4c(O)c(c5c(c4c3C2=O)NC2C=C(/C=N/NC(=O)c3ccncc3)C=CN52)NC(=O)/C(C)=C\C=C\[C@H](C)[C@H](O)[C@@H](C)[C@@H](O)[C@@H](C)[C@H](OC(C)=O)[C@@H]1C. The van der Waals surface area contributed by atoms with Crippen LogP contribution < -0.4 is 25.7 Å². The molecule has 0 radical (unpaired) electrons. The molecule has 4 aliphatic rings. The average Bonchev–Trinajstić information content (AvgIpc) is 3.81. The Hall–Kier alpha value is -7.02. The maximum Gasteiger partial charge on any atom is 0.312 e. The third-order valence-corrected chi connectivity index (χ3v) is 12.9. The molecule has 0 saturated carbocycles. The maximum absolute atomic E-state index is 14.8. The van der Waals surface area contributed by atoms with Crippen molar-refractivity contribution in [2.45, 2.75) is 91.8 Å². The molecule has 5 heterocycles. The van der Waals surface area contributed by atoms with Gasteiger partial charge in [0, 0.05) is 85.3 Å². The molecule has 0 aliphatic carbocycles. The first kappa shape index (κ1) is 47.9. The van der Waals surface area contributed by atoms with Crippen LogP contribution >= 0.6 is 0 Å². The van der Waals surface area contributed by atoms with Crippen molar-refractivity contribution in [1.82, 2.24) is 10.4 Å². The molecule has 18 nitrogen and oxygen atoms in total. The monoisotopic (exact) mass is 920 g/mol. The summed E-state index contributed by atoms with van der Waals surface area (Å²) in [5, 5.41) is 57.4. The van der Waals surface area contributed by atoms with E-state index in [2.05, 4.69) is 26.1 Å². The smallest absolute Gasteiger partial charge is 0.312 e. The molecule has 18 heteroatoms. The molecular weight excluding hydrogens is 865 g/mol. The number of amides is 2. The van der Waals surface area contributed by atoms with Crippen LogP contribution in [0.1, 0.15) is 74.7 Å². The minimum atomic E-state index is -2.01. The number of hydrogen-bond acceptors (Lipinski definition) is 16. The highest BCUT2D eigenvalue weighted by Crippen LogP contribution is 2.59. The van der Waals surface area contributed by atoms with Crippen LogP contribution in [0.25, 0.3) is 10.8 Å². The number of anilines is 3. The number of nitrogens with one attached hydrogen (secondary N) is 3. The lowest BCUT2D eigenvalue weighted by molar-refractivity contribution is -0.160. The van der Waals surface area contributed by atoms with Gasteiger partial charge in [-0.25, -0.2) is 5.43 Å². The van der Waals surface area contributed by atoms with E-state index in [1.165, 1.54) is 64.9 Å². The fraction of sp³-hybridized carbons (Fsp3) is 0.388. The molecule has 2 aromatic carbocycles. The van der Waals surface area contributed by atoms with Gasteiger partial charge >= 0.3 is 11.8 Å². The molecule has 67 heavy (non-hydrogen) atoms. The van der Waals surface area contributed by atoms with Crippen molar-refractivity contribution in [1.29, 1.82) is 0 Å². The zero-order chi connectivity index (χ0) is 48.6. The number of ketones is 1. The van der Waals surface area contributed by atoms with Crippen molar-refractivity contribution >= 4 is 57.6 Å². The number of fused-ring (bicyclic) bond motifs is 2. The second kappa shape index (κ2) is 19.1. The predicted octanol–water partition coefficient (Wildman–Crippen LogP) is 5.87. The van der Waals surface area contributed by atoms with Crippen molar-refractivity contribution < 1.29 is 58.6 Å². The van der Waals surface area contributed by atoms with Gasteiger partial charge in [-0.1, -0.05) is 45.9 Å². The lowest BCUT2D eigenvalue weighted by atomic mass is 9.78. The molecular formula is C49H56N6O12. The van der Waals surface area contributed by atoms with Gasteiger partial charge in [-0.15, -0.1) is 0 Å². The number of Topliss-reactive ketones (excluding diaryl/α,β-unsaturated/α-hetero) is 1. The van der Waals surface area contributed by atoms with Crippen LogP contribution in [0.15, 0.2) is 89.7 Å². The number of phenolic OH excluding ortho intramolecular Hbond substituents is 2. The Morgan fingerprint density at radius 1 is 0.985 bits per heavy atom. The first-order valence-corrected chi connectivity index (χ1v) is 21.9. The van der Waals surface area contributed by atoms with E-state index >= 15 is 0 Å². The molecule has 1 unspecified atom stereocenters. The number of carbonyl (C=O) groups is 4. The zero-order valence-corrected chi connectivity index (χ0v) is 38.6. The number of methoxy groups -OCH3 is 1. The van der Waals surface area contributed by atoms with Gasteiger partial charge in [0.15, 0.2) is 5.75 Å². The van der Waals surface area contributed by atoms with E-state index in [4.69, 9.17) is 18.9 Å². The van der Waals surface area contributed by atoms with E-state index < -0.39 is 95.1 Å². The first-order chi connectivity index (χ1) is 31.8. The van der Waals surface area contributed by atoms with Crippen LogP contribution in [-0.2, 0) is 23.8 Å². The number of hydrazone groups is 1. The van der Waals surface area contributed by atoms with Gasteiger partial charge in [0.2, 0.25) is 0 Å². The maximum atomic E-state index is 14.8. The van der Waals surface area contributed by atoms with E-state index in [9.17, 15) is 39.6 Å². The molecule has 354 valence electrons. The lowest BCUT2D eigenvalue weighted by Crippen LogP contribution is -2.46. The number of aromatic nitrogens is 1. The molecule has 7 rings (SSSR count). The number of aromatic hydroxyl groups is 2. The number of ether oxygens (including phenoxy) is 4. The van der Waals surface area contributed by atoms with Crippen LogP contribution in [0.3, 0.4) is 0 Å². The third kappa shape index (κ3) is 8.99. The molecule has 2 amide bonds. The quantitative estimate of drug-likeness (QED) is 0.0520. The largest absolute Gasteiger partial charge is 0.507 e. The Kier molecular flexibility index (Phi) is 13.6. The molecule has 0 fully saturated rings. The van der Waals surface area contributed by atoms with Gasteiger partial charge in [-0.2, -0.15) is 5.10 Å². The fourth-order valence-corrected chi connectivity index (χ4v) is 8.99. The van der Waals surface area contributed by atoms with E-state index in [1.807, 2.05) is 0 Å². The van der Waals surface area contributed by atoms with Crippen LogP contribution in [-0.4, -0.2) is 98.7 Å². The van der Waals surface area contributed by atoms with E-state index in [0.717, 1.165) is 0 Å². The highest BCUT2D eigenvalue weighted by molar-refractivity contribution is 6.27. The van der Waals surface area contributed by atoms with Gasteiger partial charge in [0.1, 0.15) is 29.5 Å². The summed E-state index contributed by atoms with van der Waals surface area (Å²) in [5.41, 5.74) is 4.15. The first-order valence-electron chi connectivity index (χ1n) is 21.9. The second-order valence-corrected chi connectivity index (χ2v) is 17.5. The van der Waals surface area contributed by atoms with Gasteiger partial charge in [0.05, 0.1) is 53.1 Å². The Morgan fingerprint density at radius 3 is 2.39 bits per heavy atom. The summed E-state index contributed by atoms with van der Waals surface area (Å²) in [7, 11) is 1.45. The topological polar surface area (TPSA) is 251 Å². The van der Waals surface area contributed by atoms with E-state index in [1.54, 1.807) is 82.2 Å². The van der Waals surface area contributed by atoms with Crippen molar-refractivity contribution in [3.05, 3.63) is 101 Å². The summed E-state index contributed by atoms with van der Waals surface area (Å²) in [5.74, 6) is -7.78. The van der Waals surface area contributed by atoms with E-state index in [0.29, 0.717) is 11.1 Å². The van der Waals surface area contributed by atoms with Gasteiger partial charge in [-0.05, 0) is 49.8 Å². The number of benzene rings is 2. The lowest BCUT2D eigenvalue weighted by Gasteiger charge is -2.38. The minimum absolute atomic E-state index is 0.00387. The minimum Gasteiger partial charge on any atom is -0.507 e. The molecule has 4 aliphatic heterocycles. The highest BCUT2D eigenvalue weighted by atomic mass is 16.7. The Bertz CT molecular complexity index is 2680. The number of aliphatic hydroxyl groups is 2. The number of aliphatic hydroxyl groups excluding tert-OH is 2. The zero-order valence-electron chi connectivity index (χ0n) is 38.6. The number of pyridine rings is 1. The Morgan fingerprint density at radius 2 is 1.70 bits per heavy atom. The molecule has 0 saturated heterocycles. The van der Waals surface area contributed by atoms with Gasteiger partial charge in [0.25, 0.3) is 17.6 Å². The van der Waals surface area contributed by atoms with Crippen molar-refractivity contribution in [2.24, 2.45) is 28.8 Å². The van der Waals surface area contributed by atoms with Crippen molar-refractivity contribution in [3.63, 3.8) is 0 Å². The number of hydrogen-bond donors (Lipinski definition) is 7. The van der Waals surface area contributed by atoms with Gasteiger partial charge in [-0.3, -0.25) is 24.2 Å². The predicted molar refractivity (Wildman–Crippen MR) is 249 cm³/mol. The van der Waals surface area contributed by atoms with E-state index in [-0.39, 0.29) is 50.3 Å². The average molecular weight is 921 g/mol. The number of allylic oxidation sites excluding steroid dienone is 4. The summed E-state index contributed by atoms with van der Waals surface area (Å²) in [4.78, 5) is 59.5. The number of esters is 1. The molecule has 7 N–H and O–H groups in total. The molecule has 0 spiro atoms. The summed E-state index contributed by atoms with van der Waals surface area (Å²) >= 11 is 0. The highest BCUT2D eigenvalue weighted by Gasteiger charge is 2.51. The molecule has 1 aromatic heterocycles. The number of phenols is 2. The fourth-order valence-electron chi connectivity index (χ4n) is 8.99. The molecule has 3 aromatic rings. The molecule has 10 atom stereocenters. The summed E-state index contributed by atoms with van der Waals surface area (Å²) in [6, 6.07) is 3.10. The summed E-state index contributed by atoms with van der Waals surface area (Å²) in [6.45, 7) is 12.7. The van der Waals surface area contributed by atoms with Crippen molar-refractivity contribution in [3.8, 4) is 17.2 Å². The third-order valence-electron chi connectivity index (χ3n) is 12.9. The van der Waals surface area contributed by atoms with Crippen LogP contribution in [0.2, 0.25) is 0 Å². The van der Waals surface area contributed by atoms with Crippen molar-refractivity contribution in [2.75, 3.05) is 22.6 Å². The Balaban J connectivity index is 1.35. The summed E-state index contributed by atoms with van der Waals surface area (Å²) in [6.07, 6.45) is 12.5.